The molecule has 1 amide bonds. The van der Waals surface area contributed by atoms with E-state index in [0.29, 0.717) is 5.13 Å². The Labute approximate surface area is 105 Å². The highest BCUT2D eigenvalue weighted by molar-refractivity contribution is 7.13. The van der Waals surface area contributed by atoms with E-state index in [9.17, 15) is 14.9 Å². The van der Waals surface area contributed by atoms with Gasteiger partial charge >= 0.3 is 5.69 Å². The summed E-state index contributed by atoms with van der Waals surface area (Å²) in [5.41, 5.74) is -0.149. The molecule has 0 fully saturated rings. The highest BCUT2D eigenvalue weighted by atomic mass is 32.1. The minimum atomic E-state index is -0.650. The fourth-order valence-electron chi connectivity index (χ4n) is 1.25. The second-order valence-electron chi connectivity index (χ2n) is 3.44. The zero-order valence-electron chi connectivity index (χ0n) is 9.31. The predicted octanol–water partition coefficient (Wildman–Crippen LogP) is 1.45. The molecule has 9 heteroatoms. The van der Waals surface area contributed by atoms with Crippen LogP contribution in [0.15, 0.2) is 24.0 Å². The standard InChI is InChI=1S/C9H9N5O3S/c1-6(8(15)12-9-10-2-3-18-9)13-5-7(4-11-13)14(16)17/h2-6H,1H3,(H,10,12,15). The van der Waals surface area contributed by atoms with Gasteiger partial charge in [-0.25, -0.2) is 4.98 Å². The quantitative estimate of drug-likeness (QED) is 0.667. The van der Waals surface area contributed by atoms with Crippen molar-refractivity contribution in [2.45, 2.75) is 13.0 Å². The molecule has 0 bridgehead atoms. The minimum absolute atomic E-state index is 0.149. The van der Waals surface area contributed by atoms with Crippen molar-refractivity contribution in [1.82, 2.24) is 14.8 Å². The van der Waals surface area contributed by atoms with Crippen LogP contribution in [0, 0.1) is 10.1 Å². The zero-order valence-corrected chi connectivity index (χ0v) is 10.1. The zero-order chi connectivity index (χ0) is 13.1. The lowest BCUT2D eigenvalue weighted by atomic mass is 10.3. The van der Waals surface area contributed by atoms with Crippen LogP contribution in [-0.4, -0.2) is 25.6 Å². The van der Waals surface area contributed by atoms with Crippen molar-refractivity contribution in [2.24, 2.45) is 0 Å². The lowest BCUT2D eigenvalue weighted by molar-refractivity contribution is -0.385. The van der Waals surface area contributed by atoms with Crippen LogP contribution in [0.5, 0.6) is 0 Å². The van der Waals surface area contributed by atoms with Crippen molar-refractivity contribution in [3.8, 4) is 0 Å². The summed E-state index contributed by atoms with van der Waals surface area (Å²) in [4.78, 5) is 25.7. The van der Waals surface area contributed by atoms with Crippen LogP contribution < -0.4 is 5.32 Å². The first-order chi connectivity index (χ1) is 8.58. The van der Waals surface area contributed by atoms with Gasteiger partial charge in [-0.05, 0) is 6.92 Å². The Bertz CT molecular complexity index is 565. The average Bonchev–Trinajstić information content (AvgIpc) is 2.98. The van der Waals surface area contributed by atoms with Crippen LogP contribution in [0.3, 0.4) is 0 Å². The number of nitrogens with zero attached hydrogens (tertiary/aromatic N) is 4. The average molecular weight is 267 g/mol. The number of carbonyl (C=O) groups excluding carboxylic acids is 1. The van der Waals surface area contributed by atoms with Gasteiger partial charge in [-0.3, -0.25) is 19.6 Å². The molecule has 0 saturated heterocycles. The number of rotatable bonds is 4. The molecule has 0 spiro atoms. The van der Waals surface area contributed by atoms with E-state index in [-0.39, 0.29) is 11.6 Å². The van der Waals surface area contributed by atoms with E-state index in [1.54, 1.807) is 18.5 Å². The van der Waals surface area contributed by atoms with Crippen molar-refractivity contribution < 1.29 is 9.72 Å². The summed E-state index contributed by atoms with van der Waals surface area (Å²) in [5, 5.41) is 19.1. The van der Waals surface area contributed by atoms with E-state index in [4.69, 9.17) is 0 Å². The van der Waals surface area contributed by atoms with Crippen molar-refractivity contribution in [1.29, 1.82) is 0 Å². The molecule has 0 saturated carbocycles. The van der Waals surface area contributed by atoms with Gasteiger partial charge in [0.15, 0.2) is 5.13 Å². The summed E-state index contributed by atoms with van der Waals surface area (Å²) in [6.07, 6.45) is 3.89. The number of hydrogen-bond donors (Lipinski definition) is 1. The summed E-state index contributed by atoms with van der Waals surface area (Å²) < 4.78 is 1.24. The number of amides is 1. The van der Waals surface area contributed by atoms with Crippen LogP contribution in [0.25, 0.3) is 0 Å². The highest BCUT2D eigenvalue weighted by Gasteiger charge is 2.19. The van der Waals surface area contributed by atoms with E-state index in [2.05, 4.69) is 15.4 Å². The molecule has 2 heterocycles. The van der Waals surface area contributed by atoms with Crippen molar-refractivity contribution >= 4 is 28.1 Å². The molecule has 0 radical (unpaired) electrons. The third kappa shape index (κ3) is 2.51. The van der Waals surface area contributed by atoms with Gasteiger partial charge in [0, 0.05) is 11.6 Å². The Hall–Kier alpha value is -2.29. The summed E-state index contributed by atoms with van der Waals surface area (Å²) >= 11 is 1.29. The van der Waals surface area contributed by atoms with Gasteiger partial charge in [-0.15, -0.1) is 11.3 Å². The van der Waals surface area contributed by atoms with Gasteiger partial charge in [0.25, 0.3) is 5.91 Å². The molecule has 0 aliphatic heterocycles. The van der Waals surface area contributed by atoms with Crippen molar-refractivity contribution in [2.75, 3.05) is 5.32 Å². The Balaban J connectivity index is 2.07. The first-order valence-electron chi connectivity index (χ1n) is 4.97. The van der Waals surface area contributed by atoms with Crippen molar-refractivity contribution in [3.05, 3.63) is 34.1 Å². The normalized spacial score (nSPS) is 12.1. The number of anilines is 1. The van der Waals surface area contributed by atoms with Crippen LogP contribution in [-0.2, 0) is 4.79 Å². The topological polar surface area (TPSA) is 103 Å². The minimum Gasteiger partial charge on any atom is -0.300 e. The Morgan fingerprint density at radius 1 is 1.67 bits per heavy atom. The van der Waals surface area contributed by atoms with Gasteiger partial charge < -0.3 is 5.32 Å². The van der Waals surface area contributed by atoms with E-state index in [1.165, 1.54) is 22.2 Å². The predicted molar refractivity (Wildman–Crippen MR) is 64.3 cm³/mol. The molecule has 18 heavy (non-hydrogen) atoms. The third-order valence-electron chi connectivity index (χ3n) is 2.24. The van der Waals surface area contributed by atoms with Gasteiger partial charge in [0.2, 0.25) is 0 Å². The molecule has 0 aliphatic carbocycles. The molecule has 1 N–H and O–H groups in total. The summed E-state index contributed by atoms with van der Waals surface area (Å²) in [7, 11) is 0. The van der Waals surface area contributed by atoms with Gasteiger partial charge in [-0.1, -0.05) is 0 Å². The number of nitrogens with one attached hydrogen (secondary N) is 1. The van der Waals surface area contributed by atoms with E-state index >= 15 is 0 Å². The fraction of sp³-hybridized carbons (Fsp3) is 0.222. The van der Waals surface area contributed by atoms with Crippen LogP contribution in [0.4, 0.5) is 10.8 Å². The maximum absolute atomic E-state index is 11.8. The van der Waals surface area contributed by atoms with Crippen LogP contribution >= 0.6 is 11.3 Å². The highest BCUT2D eigenvalue weighted by Crippen LogP contribution is 2.16. The molecule has 2 aromatic heterocycles. The molecular formula is C9H9N5O3S. The molecule has 2 aromatic rings. The SMILES string of the molecule is CC(C(=O)Nc1nccs1)n1cc([N+](=O)[O-])cn1. The first kappa shape index (κ1) is 12.2. The smallest absolute Gasteiger partial charge is 0.300 e. The Morgan fingerprint density at radius 2 is 2.44 bits per heavy atom. The lowest BCUT2D eigenvalue weighted by Gasteiger charge is -2.10. The van der Waals surface area contributed by atoms with Gasteiger partial charge in [0.05, 0.1) is 4.92 Å². The van der Waals surface area contributed by atoms with E-state index in [1.807, 2.05) is 0 Å². The summed E-state index contributed by atoms with van der Waals surface area (Å²) in [5.74, 6) is -0.331. The Morgan fingerprint density at radius 3 is 3.00 bits per heavy atom. The second-order valence-corrected chi connectivity index (χ2v) is 4.33. The van der Waals surface area contributed by atoms with Crippen molar-refractivity contribution in [3.63, 3.8) is 0 Å². The molecule has 0 aliphatic rings. The molecule has 2 rings (SSSR count). The Kier molecular flexibility index (Phi) is 3.33. The monoisotopic (exact) mass is 267 g/mol. The van der Waals surface area contributed by atoms with Gasteiger partial charge in [-0.2, -0.15) is 5.10 Å². The molecule has 94 valence electrons. The number of aromatic nitrogens is 3. The van der Waals surface area contributed by atoms with E-state index < -0.39 is 11.0 Å². The molecular weight excluding hydrogens is 258 g/mol. The van der Waals surface area contributed by atoms with Gasteiger partial charge in [0.1, 0.15) is 18.4 Å². The molecule has 0 aromatic carbocycles. The number of carbonyl (C=O) groups is 1. The maximum atomic E-state index is 11.8. The maximum Gasteiger partial charge on any atom is 0.307 e. The summed E-state index contributed by atoms with van der Waals surface area (Å²) in [6.45, 7) is 1.60. The first-order valence-corrected chi connectivity index (χ1v) is 5.85. The number of thiazole rings is 1. The van der Waals surface area contributed by atoms with E-state index in [0.717, 1.165) is 6.20 Å². The number of nitro groups is 1. The number of hydrogen-bond acceptors (Lipinski definition) is 6. The molecule has 1 atom stereocenters. The summed E-state index contributed by atoms with van der Waals surface area (Å²) in [6, 6.07) is -0.650. The third-order valence-corrected chi connectivity index (χ3v) is 2.93. The fourth-order valence-corrected chi connectivity index (χ4v) is 1.78. The molecule has 1 unspecified atom stereocenters. The van der Waals surface area contributed by atoms with Crippen LogP contribution in [0.2, 0.25) is 0 Å². The van der Waals surface area contributed by atoms with Crippen LogP contribution in [0.1, 0.15) is 13.0 Å². The second kappa shape index (κ2) is 4.92. The molecule has 8 nitrogen and oxygen atoms in total. The largest absolute Gasteiger partial charge is 0.307 e. The lowest BCUT2D eigenvalue weighted by Crippen LogP contribution is -2.23.